The number of hydrogen-bond donors (Lipinski definition) is 0. The fourth-order valence-electron chi connectivity index (χ4n) is 3.71. The van der Waals surface area contributed by atoms with Crippen molar-refractivity contribution in [2.75, 3.05) is 13.2 Å². The second kappa shape index (κ2) is 7.47. The maximum atomic E-state index is 12.8. The van der Waals surface area contributed by atoms with Crippen LogP contribution in [0.4, 0.5) is 0 Å². The van der Waals surface area contributed by atoms with Crippen LogP contribution in [0.2, 0.25) is 0 Å². The second-order valence-corrected chi connectivity index (χ2v) is 6.72. The van der Waals surface area contributed by atoms with Crippen molar-refractivity contribution < 1.29 is 19.1 Å². The maximum absolute atomic E-state index is 12.8. The van der Waals surface area contributed by atoms with E-state index in [4.69, 9.17) is 14.5 Å². The summed E-state index contributed by atoms with van der Waals surface area (Å²) in [7, 11) is 0. The van der Waals surface area contributed by atoms with Gasteiger partial charge in [0, 0.05) is 24.7 Å². The van der Waals surface area contributed by atoms with Crippen LogP contribution in [0.3, 0.4) is 0 Å². The Morgan fingerprint density at radius 1 is 1.04 bits per heavy atom. The normalized spacial score (nSPS) is 14.5. The summed E-state index contributed by atoms with van der Waals surface area (Å²) >= 11 is 0. The summed E-state index contributed by atoms with van der Waals surface area (Å²) in [5.74, 6) is -1.06. The molecule has 0 aromatic carbocycles. The lowest BCUT2D eigenvalue weighted by Crippen LogP contribution is -2.43. The number of nitrogens with zero attached hydrogens (tertiary/aromatic N) is 2. The number of hydrogen-bond acceptors (Lipinski definition) is 6. The van der Waals surface area contributed by atoms with Crippen molar-refractivity contribution in [3.63, 3.8) is 0 Å². The highest BCUT2D eigenvalue weighted by Gasteiger charge is 2.54. The van der Waals surface area contributed by atoms with Gasteiger partial charge in [-0.25, -0.2) is 0 Å². The van der Waals surface area contributed by atoms with Crippen molar-refractivity contribution in [3.8, 4) is 11.4 Å². The predicted octanol–water partition coefficient (Wildman–Crippen LogP) is 2.97. The third kappa shape index (κ3) is 3.20. The number of aromatic nitrogens is 2. The molecule has 0 fully saturated rings. The summed E-state index contributed by atoms with van der Waals surface area (Å²) in [4.78, 5) is 34.7. The first-order chi connectivity index (χ1) is 12.9. The van der Waals surface area contributed by atoms with Gasteiger partial charge in [0.1, 0.15) is 0 Å². The lowest BCUT2D eigenvalue weighted by molar-refractivity contribution is -0.171. The monoisotopic (exact) mass is 368 g/mol. The molecule has 0 N–H and O–H groups in total. The largest absolute Gasteiger partial charge is 0.465 e. The summed E-state index contributed by atoms with van der Waals surface area (Å²) in [6, 6.07) is 5.67. The molecule has 0 aliphatic heterocycles. The minimum Gasteiger partial charge on any atom is -0.465 e. The zero-order valence-electron chi connectivity index (χ0n) is 16.2. The molecule has 0 atom stereocenters. The standard InChI is InChI=1S/C21H24N2O4/c1-5-26-19(24)21(20(25)27-6-2)11-15-13(3)18(17-9-7-8-10-22-17)23-14(4)16(15)12-21/h7-10H,5-6,11-12H2,1-4H3. The van der Waals surface area contributed by atoms with Gasteiger partial charge in [-0.1, -0.05) is 6.07 Å². The number of pyridine rings is 2. The van der Waals surface area contributed by atoms with E-state index in [1.54, 1.807) is 20.0 Å². The average molecular weight is 368 g/mol. The van der Waals surface area contributed by atoms with Gasteiger partial charge in [-0.05, 0) is 56.5 Å². The van der Waals surface area contributed by atoms with E-state index in [0.29, 0.717) is 0 Å². The fraction of sp³-hybridized carbons (Fsp3) is 0.429. The molecule has 6 nitrogen and oxygen atoms in total. The molecule has 0 saturated carbocycles. The van der Waals surface area contributed by atoms with Gasteiger partial charge in [-0.3, -0.25) is 19.6 Å². The number of aryl methyl sites for hydroxylation is 1. The molecule has 3 rings (SSSR count). The van der Waals surface area contributed by atoms with Crippen LogP contribution in [0.1, 0.15) is 36.2 Å². The van der Waals surface area contributed by atoms with Crippen molar-refractivity contribution in [1.29, 1.82) is 0 Å². The number of fused-ring (bicyclic) bond motifs is 1. The number of carbonyl (C=O) groups excluding carboxylic acids is 2. The molecule has 0 amide bonds. The predicted molar refractivity (Wildman–Crippen MR) is 100 cm³/mol. The lowest BCUT2D eigenvalue weighted by atomic mass is 9.84. The molecule has 27 heavy (non-hydrogen) atoms. The van der Waals surface area contributed by atoms with E-state index in [1.165, 1.54) is 0 Å². The SMILES string of the molecule is CCOC(=O)C1(C(=O)OCC)Cc2c(C)nc(-c3ccccn3)c(C)c2C1. The van der Waals surface area contributed by atoms with Gasteiger partial charge in [-0.2, -0.15) is 0 Å². The van der Waals surface area contributed by atoms with Crippen LogP contribution in [0.5, 0.6) is 0 Å². The summed E-state index contributed by atoms with van der Waals surface area (Å²) in [5, 5.41) is 0. The zero-order valence-corrected chi connectivity index (χ0v) is 16.2. The molecule has 2 heterocycles. The smallest absolute Gasteiger partial charge is 0.324 e. The van der Waals surface area contributed by atoms with Crippen LogP contribution in [0, 0.1) is 19.3 Å². The van der Waals surface area contributed by atoms with Gasteiger partial charge in [0.15, 0.2) is 5.41 Å². The molecule has 6 heteroatoms. The van der Waals surface area contributed by atoms with Crippen LogP contribution in [-0.4, -0.2) is 35.1 Å². The molecular formula is C21H24N2O4. The molecule has 2 aromatic heterocycles. The second-order valence-electron chi connectivity index (χ2n) is 6.72. The zero-order chi connectivity index (χ0) is 19.6. The van der Waals surface area contributed by atoms with Crippen molar-refractivity contribution in [2.24, 2.45) is 5.41 Å². The highest BCUT2D eigenvalue weighted by atomic mass is 16.6. The highest BCUT2D eigenvalue weighted by Crippen LogP contribution is 2.43. The number of rotatable bonds is 5. The van der Waals surface area contributed by atoms with E-state index < -0.39 is 17.4 Å². The fourth-order valence-corrected chi connectivity index (χ4v) is 3.71. The van der Waals surface area contributed by atoms with Gasteiger partial charge >= 0.3 is 11.9 Å². The van der Waals surface area contributed by atoms with Crippen molar-refractivity contribution in [3.05, 3.63) is 46.8 Å². The summed E-state index contributed by atoms with van der Waals surface area (Å²) in [5.41, 5.74) is 3.82. The minimum absolute atomic E-state index is 0.214. The van der Waals surface area contributed by atoms with Crippen LogP contribution in [0.25, 0.3) is 11.4 Å². The van der Waals surface area contributed by atoms with E-state index in [9.17, 15) is 9.59 Å². The summed E-state index contributed by atoms with van der Waals surface area (Å²) < 4.78 is 10.5. The Hall–Kier alpha value is -2.76. The van der Waals surface area contributed by atoms with Gasteiger partial charge in [0.2, 0.25) is 0 Å². The third-order valence-corrected chi connectivity index (χ3v) is 5.09. The molecule has 0 radical (unpaired) electrons. The van der Waals surface area contributed by atoms with Crippen LogP contribution >= 0.6 is 0 Å². The molecule has 2 aromatic rings. The van der Waals surface area contributed by atoms with Gasteiger partial charge in [0.25, 0.3) is 0 Å². The Labute approximate surface area is 158 Å². The van der Waals surface area contributed by atoms with Crippen molar-refractivity contribution in [1.82, 2.24) is 9.97 Å². The topological polar surface area (TPSA) is 78.4 Å². The van der Waals surface area contributed by atoms with E-state index in [0.717, 1.165) is 33.8 Å². The van der Waals surface area contributed by atoms with Gasteiger partial charge in [0.05, 0.1) is 24.6 Å². The molecule has 0 unspecified atom stereocenters. The molecule has 0 spiro atoms. The van der Waals surface area contributed by atoms with Crippen LogP contribution in [-0.2, 0) is 31.9 Å². The molecule has 1 aliphatic rings. The van der Waals surface area contributed by atoms with E-state index in [-0.39, 0.29) is 26.1 Å². The Morgan fingerprint density at radius 2 is 1.67 bits per heavy atom. The first kappa shape index (κ1) is 19.0. The number of esters is 2. The first-order valence-corrected chi connectivity index (χ1v) is 9.19. The summed E-state index contributed by atoms with van der Waals surface area (Å²) in [6.07, 6.45) is 2.23. The Bertz CT molecular complexity index is 859. The first-order valence-electron chi connectivity index (χ1n) is 9.19. The van der Waals surface area contributed by atoms with Crippen molar-refractivity contribution in [2.45, 2.75) is 40.5 Å². The molecule has 0 saturated heterocycles. The van der Waals surface area contributed by atoms with E-state index in [1.807, 2.05) is 32.0 Å². The Kier molecular flexibility index (Phi) is 5.26. The van der Waals surface area contributed by atoms with Gasteiger partial charge in [-0.15, -0.1) is 0 Å². The van der Waals surface area contributed by atoms with Gasteiger partial charge < -0.3 is 9.47 Å². The molecular weight excluding hydrogens is 344 g/mol. The lowest BCUT2D eigenvalue weighted by Gasteiger charge is -2.24. The quantitative estimate of drug-likeness (QED) is 0.596. The van der Waals surface area contributed by atoms with Crippen LogP contribution < -0.4 is 0 Å². The van der Waals surface area contributed by atoms with E-state index in [2.05, 4.69) is 4.98 Å². The summed E-state index contributed by atoms with van der Waals surface area (Å²) in [6.45, 7) is 7.75. The maximum Gasteiger partial charge on any atom is 0.324 e. The molecule has 1 aliphatic carbocycles. The molecule has 142 valence electrons. The average Bonchev–Trinajstić information content (AvgIpc) is 3.09. The Morgan fingerprint density at radius 3 is 2.22 bits per heavy atom. The van der Waals surface area contributed by atoms with Crippen LogP contribution in [0.15, 0.2) is 24.4 Å². The highest BCUT2D eigenvalue weighted by molar-refractivity contribution is 6.02. The number of ether oxygens (including phenoxy) is 2. The minimum atomic E-state index is -1.34. The van der Waals surface area contributed by atoms with Crippen molar-refractivity contribution >= 4 is 11.9 Å². The number of carbonyl (C=O) groups is 2. The van der Waals surface area contributed by atoms with E-state index >= 15 is 0 Å². The Balaban J connectivity index is 2.11. The molecule has 0 bridgehead atoms. The third-order valence-electron chi connectivity index (χ3n) is 5.09.